The Labute approximate surface area is 308 Å². The van der Waals surface area contributed by atoms with Gasteiger partial charge >= 0.3 is 5.97 Å². The molecule has 4 aromatic rings. The van der Waals surface area contributed by atoms with Gasteiger partial charge in [-0.2, -0.15) is 11.8 Å². The first kappa shape index (κ1) is 42.5. The number of carbonyl (C=O) groups excluding carboxylic acids is 1. The lowest BCUT2D eigenvalue weighted by molar-refractivity contribution is -0.139. The molecular weight excluding hydrogens is 690 g/mol. The van der Waals surface area contributed by atoms with Gasteiger partial charge in [0.1, 0.15) is 6.04 Å². The zero-order valence-electron chi connectivity index (χ0n) is 29.3. The van der Waals surface area contributed by atoms with Gasteiger partial charge in [-0.1, -0.05) is 91.7 Å². The smallest absolute Gasteiger partial charge is 0.326 e. The zero-order valence-corrected chi connectivity index (χ0v) is 31.8. The normalized spacial score (nSPS) is 11.6. The number of carboxylic acids is 1. The molecule has 0 fully saturated rings. The van der Waals surface area contributed by atoms with E-state index >= 15 is 0 Å². The van der Waals surface area contributed by atoms with Crippen molar-refractivity contribution >= 4 is 46.1 Å². The lowest BCUT2D eigenvalue weighted by Crippen LogP contribution is -2.41. The van der Waals surface area contributed by atoms with Crippen molar-refractivity contribution in [2.75, 3.05) is 25.1 Å². The summed E-state index contributed by atoms with van der Waals surface area (Å²) in [5, 5.41) is 17.3. The van der Waals surface area contributed by atoms with Gasteiger partial charge in [0.25, 0.3) is 5.91 Å². The molecule has 0 unspecified atom stereocenters. The first-order chi connectivity index (χ1) is 23.4. The quantitative estimate of drug-likeness (QED) is 0.109. The first-order valence-electron chi connectivity index (χ1n) is 16.5. The highest BCUT2D eigenvalue weighted by molar-refractivity contribution is 7.98. The number of hydrogen-bond acceptors (Lipinski definition) is 6. The number of aliphatic carboxylic acids is 1. The predicted molar refractivity (Wildman–Crippen MR) is 209 cm³/mol. The van der Waals surface area contributed by atoms with E-state index < -0.39 is 22.0 Å². The highest BCUT2D eigenvalue weighted by Gasteiger charge is 2.23. The van der Waals surface area contributed by atoms with Crippen molar-refractivity contribution in [2.24, 2.45) is 5.14 Å². The van der Waals surface area contributed by atoms with Gasteiger partial charge in [0.15, 0.2) is 0 Å². The van der Waals surface area contributed by atoms with Crippen molar-refractivity contribution in [2.45, 2.75) is 63.9 Å². The maximum Gasteiger partial charge on any atom is 0.326 e. The molecule has 0 aromatic heterocycles. The summed E-state index contributed by atoms with van der Waals surface area (Å²) in [7, 11) is -3.52. The third kappa shape index (κ3) is 13.9. The summed E-state index contributed by atoms with van der Waals surface area (Å²) in [6, 6.07) is 30.0. The number of nitrogens with one attached hydrogen (secondary N) is 1. The zero-order chi connectivity index (χ0) is 35.8. The number of aryl methyl sites for hydroxylation is 2. The Morgan fingerprint density at radius 1 is 0.880 bits per heavy atom. The van der Waals surface area contributed by atoms with Gasteiger partial charge in [-0.05, 0) is 104 Å². The van der Waals surface area contributed by atoms with Crippen LogP contribution in [0.3, 0.4) is 0 Å². The van der Waals surface area contributed by atoms with Gasteiger partial charge in [0.05, 0.1) is 4.90 Å². The Balaban J connectivity index is 0.000000615. The Kier molecular flexibility index (Phi) is 18.3. The number of rotatable bonds is 16. The van der Waals surface area contributed by atoms with Crippen LogP contribution >= 0.6 is 24.2 Å². The van der Waals surface area contributed by atoms with Crippen molar-refractivity contribution in [3.63, 3.8) is 0 Å². The van der Waals surface area contributed by atoms with Crippen LogP contribution in [-0.2, 0) is 27.8 Å². The molecule has 1 amide bonds. The molecule has 0 aliphatic rings. The maximum absolute atomic E-state index is 13.4. The van der Waals surface area contributed by atoms with E-state index in [-0.39, 0.29) is 23.2 Å². The van der Waals surface area contributed by atoms with E-state index in [2.05, 4.69) is 47.5 Å². The summed E-state index contributed by atoms with van der Waals surface area (Å²) in [6.07, 6.45) is 5.57. The Morgan fingerprint density at radius 3 is 2.14 bits per heavy atom. The van der Waals surface area contributed by atoms with Crippen LogP contribution in [0.15, 0.2) is 102 Å². The summed E-state index contributed by atoms with van der Waals surface area (Å²) in [6.45, 7) is 8.90. The Bertz CT molecular complexity index is 1750. The second-order valence-corrected chi connectivity index (χ2v) is 14.6. The van der Waals surface area contributed by atoms with Crippen LogP contribution in [0.5, 0.6) is 0 Å². The largest absolute Gasteiger partial charge is 0.480 e. The summed E-state index contributed by atoms with van der Waals surface area (Å²) >= 11 is 1.57. The molecule has 0 aliphatic carbocycles. The van der Waals surface area contributed by atoms with Crippen LogP contribution in [0.4, 0.5) is 0 Å². The highest BCUT2D eigenvalue weighted by atomic mass is 35.5. The third-order valence-corrected chi connectivity index (χ3v) is 9.69. The molecule has 11 heteroatoms. The van der Waals surface area contributed by atoms with E-state index in [0.29, 0.717) is 17.7 Å². The number of benzene rings is 4. The standard InChI is InChI=1S/C32H40N2O3S.C7H9NO2S.ClH/c1-4-5-19-34(20-17-25-12-7-6-8-13-25)23-26-15-16-28(29(22-26)27-14-10-9-11-24(27)2)31(35)33-30(32(36)37)18-21-38-3;1-6-2-4-7(5-3-6)11(8,9)10;/h6-16,22,30H,4-5,17-21,23H2,1-3H3,(H,33,35)(H,36,37);2-5H,1H3,(H2,8,9,10);1H/t30-;;/m0../s1. The second-order valence-electron chi connectivity index (χ2n) is 12.1. The van der Waals surface area contributed by atoms with E-state index in [4.69, 9.17) is 5.14 Å². The molecule has 8 nitrogen and oxygen atoms in total. The number of nitrogens with zero attached hydrogens (tertiary/aromatic N) is 1. The van der Waals surface area contributed by atoms with Crippen molar-refractivity contribution in [3.8, 4) is 11.1 Å². The molecule has 0 saturated carbocycles. The highest BCUT2D eigenvalue weighted by Crippen LogP contribution is 2.29. The van der Waals surface area contributed by atoms with E-state index in [1.165, 1.54) is 17.7 Å². The molecule has 4 aromatic carbocycles. The van der Waals surface area contributed by atoms with E-state index in [0.717, 1.165) is 66.7 Å². The van der Waals surface area contributed by atoms with Crippen LogP contribution < -0.4 is 10.5 Å². The van der Waals surface area contributed by atoms with Gasteiger partial charge in [-0.15, -0.1) is 12.4 Å². The monoisotopic (exact) mass is 739 g/mol. The Hall–Kier alpha value is -3.67. The number of primary sulfonamides is 1. The fraction of sp³-hybridized carbons (Fsp3) is 0.333. The maximum atomic E-state index is 13.4. The van der Waals surface area contributed by atoms with E-state index in [1.54, 1.807) is 23.9 Å². The number of thioether (sulfide) groups is 1. The van der Waals surface area contributed by atoms with Crippen LogP contribution in [0.1, 0.15) is 58.8 Å². The molecular formula is C39H50ClN3O5S2. The van der Waals surface area contributed by atoms with Crippen molar-refractivity contribution in [1.29, 1.82) is 0 Å². The topological polar surface area (TPSA) is 130 Å². The number of sulfonamides is 1. The molecule has 50 heavy (non-hydrogen) atoms. The van der Waals surface area contributed by atoms with E-state index in [1.807, 2.05) is 62.6 Å². The molecule has 4 rings (SSSR count). The van der Waals surface area contributed by atoms with Crippen LogP contribution in [-0.4, -0.2) is 61.4 Å². The lowest BCUT2D eigenvalue weighted by atomic mass is 9.93. The minimum Gasteiger partial charge on any atom is -0.480 e. The summed E-state index contributed by atoms with van der Waals surface area (Å²) in [5.41, 5.74) is 6.88. The second kappa shape index (κ2) is 21.5. The predicted octanol–water partition coefficient (Wildman–Crippen LogP) is 7.51. The molecule has 1 atom stereocenters. The average molecular weight is 740 g/mol. The number of hydrogen-bond donors (Lipinski definition) is 3. The third-order valence-electron chi connectivity index (χ3n) is 8.12. The number of amides is 1. The minimum absolute atomic E-state index is 0. The number of unbranched alkanes of at least 4 members (excludes halogenated alkanes) is 1. The molecule has 0 heterocycles. The molecule has 0 radical (unpaired) electrons. The first-order valence-corrected chi connectivity index (χ1v) is 19.4. The fourth-order valence-electron chi connectivity index (χ4n) is 5.28. The van der Waals surface area contributed by atoms with Crippen molar-refractivity contribution in [1.82, 2.24) is 10.2 Å². The Morgan fingerprint density at radius 2 is 1.54 bits per heavy atom. The summed E-state index contributed by atoms with van der Waals surface area (Å²) < 4.78 is 21.4. The van der Waals surface area contributed by atoms with Crippen LogP contribution in [0.25, 0.3) is 11.1 Å². The van der Waals surface area contributed by atoms with Crippen LogP contribution in [0.2, 0.25) is 0 Å². The molecule has 0 saturated heterocycles. The molecule has 0 spiro atoms. The molecule has 270 valence electrons. The lowest BCUT2D eigenvalue weighted by Gasteiger charge is -2.23. The minimum atomic E-state index is -3.52. The number of carboxylic acid groups (broad SMARTS) is 1. The number of halogens is 1. The molecule has 4 N–H and O–H groups in total. The van der Waals surface area contributed by atoms with Crippen LogP contribution in [0, 0.1) is 13.8 Å². The summed E-state index contributed by atoms with van der Waals surface area (Å²) in [4.78, 5) is 27.8. The van der Waals surface area contributed by atoms with Gasteiger partial charge in [-0.3, -0.25) is 9.69 Å². The molecule has 0 bridgehead atoms. The van der Waals surface area contributed by atoms with Crippen molar-refractivity contribution in [3.05, 3.63) is 125 Å². The fourth-order valence-corrected chi connectivity index (χ4v) is 6.27. The van der Waals surface area contributed by atoms with Gasteiger partial charge in [-0.25, -0.2) is 18.4 Å². The van der Waals surface area contributed by atoms with Gasteiger partial charge < -0.3 is 10.4 Å². The SMILES string of the molecule is CCCCN(CCc1ccccc1)Cc1ccc(C(=O)N[C@@H](CCSC)C(=O)O)c(-c2ccccc2C)c1.Cc1ccc(S(N)(=O)=O)cc1.Cl. The number of carbonyl (C=O) groups is 2. The van der Waals surface area contributed by atoms with Crippen molar-refractivity contribution < 1.29 is 23.1 Å². The number of nitrogens with two attached hydrogens (primary N) is 1. The van der Waals surface area contributed by atoms with Gasteiger partial charge in [0.2, 0.25) is 10.0 Å². The van der Waals surface area contributed by atoms with Gasteiger partial charge in [0, 0.05) is 18.7 Å². The summed E-state index contributed by atoms with van der Waals surface area (Å²) in [5.74, 6) is -0.695. The van der Waals surface area contributed by atoms with E-state index in [9.17, 15) is 23.1 Å². The average Bonchev–Trinajstić information content (AvgIpc) is 3.08. The molecule has 0 aliphatic heterocycles.